The molecule has 1 aliphatic rings. The van der Waals surface area contributed by atoms with E-state index < -0.39 is 0 Å². The van der Waals surface area contributed by atoms with Gasteiger partial charge in [0.15, 0.2) is 0 Å². The van der Waals surface area contributed by atoms with Crippen molar-refractivity contribution in [2.45, 2.75) is 17.7 Å². The van der Waals surface area contributed by atoms with Crippen LogP contribution in [0.2, 0.25) is 0 Å². The number of carbonyl (C=O) groups is 1. The van der Waals surface area contributed by atoms with Crippen molar-refractivity contribution in [1.29, 1.82) is 0 Å². The van der Waals surface area contributed by atoms with E-state index in [2.05, 4.69) is 25.9 Å². The van der Waals surface area contributed by atoms with Gasteiger partial charge in [0, 0.05) is 37.0 Å². The number of nitrogens with zero attached hydrogens (tertiary/aromatic N) is 3. The summed E-state index contributed by atoms with van der Waals surface area (Å²) in [4.78, 5) is 22.8. The predicted octanol–water partition coefficient (Wildman–Crippen LogP) is 2.17. The molecule has 1 atom stereocenters. The summed E-state index contributed by atoms with van der Waals surface area (Å²) in [5.41, 5.74) is 2.75. The molecule has 4 nitrogen and oxygen atoms in total. The summed E-state index contributed by atoms with van der Waals surface area (Å²) in [6.07, 6.45) is 3.15. The number of amides is 1. The molecular weight excluding hydrogens is 306 g/mol. The van der Waals surface area contributed by atoms with E-state index in [0.29, 0.717) is 17.8 Å². The number of likely N-dealkylation sites (tertiary alicyclic amines) is 1. The number of hydrogen-bond donors (Lipinski definition) is 0. The summed E-state index contributed by atoms with van der Waals surface area (Å²) in [7, 11) is 0. The maximum atomic E-state index is 11.7. The van der Waals surface area contributed by atoms with Gasteiger partial charge in [-0.3, -0.25) is 9.78 Å². The first-order chi connectivity index (χ1) is 9.22. The Kier molecular flexibility index (Phi) is 3.46. The van der Waals surface area contributed by atoms with E-state index >= 15 is 0 Å². The van der Waals surface area contributed by atoms with Gasteiger partial charge in [-0.1, -0.05) is 28.1 Å². The molecule has 2 aromatic rings. The lowest BCUT2D eigenvalue weighted by molar-refractivity contribution is -0.127. The molecule has 0 saturated carbocycles. The van der Waals surface area contributed by atoms with Crippen LogP contribution in [0.1, 0.15) is 12.1 Å². The second-order valence-corrected chi connectivity index (χ2v) is 6.04. The van der Waals surface area contributed by atoms with Crippen molar-refractivity contribution < 1.29 is 4.79 Å². The molecule has 0 radical (unpaired) electrons. The van der Waals surface area contributed by atoms with Crippen molar-refractivity contribution in [1.82, 2.24) is 14.9 Å². The monoisotopic (exact) mass is 319 g/mol. The molecule has 19 heavy (non-hydrogen) atoms. The lowest BCUT2D eigenvalue weighted by atomic mass is 10.2. The maximum absolute atomic E-state index is 11.7. The normalized spacial score (nSPS) is 19.3. The summed E-state index contributed by atoms with van der Waals surface area (Å²) >= 11 is 3.49. The van der Waals surface area contributed by atoms with E-state index in [1.807, 2.05) is 29.2 Å². The van der Waals surface area contributed by atoms with Crippen LogP contribution < -0.4 is 0 Å². The van der Waals surface area contributed by atoms with Gasteiger partial charge in [0.05, 0.1) is 16.7 Å². The van der Waals surface area contributed by atoms with E-state index in [1.54, 1.807) is 6.20 Å². The molecule has 2 heterocycles. The van der Waals surface area contributed by atoms with Crippen LogP contribution >= 0.6 is 15.9 Å². The minimum atomic E-state index is 0.218. The Morgan fingerprint density at radius 3 is 2.84 bits per heavy atom. The first-order valence-electron chi connectivity index (χ1n) is 6.35. The Labute approximate surface area is 120 Å². The van der Waals surface area contributed by atoms with E-state index in [-0.39, 0.29) is 5.91 Å². The third-order valence-corrected chi connectivity index (χ3v) is 3.92. The highest BCUT2D eigenvalue weighted by molar-refractivity contribution is 9.09. The number of hydrogen-bond acceptors (Lipinski definition) is 3. The number of alkyl halides is 1. The molecule has 0 aliphatic carbocycles. The van der Waals surface area contributed by atoms with E-state index in [4.69, 9.17) is 0 Å². The summed E-state index contributed by atoms with van der Waals surface area (Å²) < 4.78 is 0. The molecule has 1 aromatic heterocycles. The van der Waals surface area contributed by atoms with Crippen molar-refractivity contribution in [3.63, 3.8) is 0 Å². The van der Waals surface area contributed by atoms with Gasteiger partial charge in [0.25, 0.3) is 0 Å². The summed E-state index contributed by atoms with van der Waals surface area (Å²) in [5.74, 6) is 0.218. The van der Waals surface area contributed by atoms with Crippen molar-refractivity contribution in [3.8, 4) is 0 Å². The van der Waals surface area contributed by atoms with Gasteiger partial charge in [0.2, 0.25) is 5.91 Å². The van der Waals surface area contributed by atoms with Gasteiger partial charge < -0.3 is 4.90 Å². The van der Waals surface area contributed by atoms with Gasteiger partial charge in [0.1, 0.15) is 0 Å². The quantitative estimate of drug-likeness (QED) is 0.814. The number of para-hydroxylation sites is 2. The molecule has 1 aliphatic heterocycles. The Morgan fingerprint density at radius 1 is 1.32 bits per heavy atom. The molecule has 5 heteroatoms. The highest BCUT2D eigenvalue weighted by atomic mass is 79.9. The van der Waals surface area contributed by atoms with Crippen LogP contribution in [-0.2, 0) is 11.2 Å². The standard InChI is InChI=1S/C14H14BrN3O/c15-10-7-14(19)18(9-10)6-5-11-8-16-12-3-1-2-4-13(12)17-11/h1-4,8,10H,5-7,9H2. The molecule has 1 saturated heterocycles. The fourth-order valence-corrected chi connectivity index (χ4v) is 2.93. The van der Waals surface area contributed by atoms with Gasteiger partial charge in [-0.2, -0.15) is 0 Å². The molecule has 1 unspecified atom stereocenters. The van der Waals surface area contributed by atoms with Crippen LogP contribution in [0, 0.1) is 0 Å². The Hall–Kier alpha value is -1.49. The zero-order valence-electron chi connectivity index (χ0n) is 10.4. The summed E-state index contributed by atoms with van der Waals surface area (Å²) in [6.45, 7) is 1.51. The minimum Gasteiger partial charge on any atom is -0.341 e. The highest BCUT2D eigenvalue weighted by Crippen LogP contribution is 2.18. The predicted molar refractivity (Wildman–Crippen MR) is 77.2 cm³/mol. The molecule has 1 amide bonds. The van der Waals surface area contributed by atoms with Crippen LogP contribution in [0.5, 0.6) is 0 Å². The molecule has 0 N–H and O–H groups in total. The number of rotatable bonds is 3. The van der Waals surface area contributed by atoms with Crippen LogP contribution in [0.15, 0.2) is 30.5 Å². The van der Waals surface area contributed by atoms with Gasteiger partial charge in [-0.15, -0.1) is 0 Å². The summed E-state index contributed by atoms with van der Waals surface area (Å²) in [6, 6.07) is 7.82. The van der Waals surface area contributed by atoms with E-state index in [0.717, 1.165) is 29.7 Å². The lowest BCUT2D eigenvalue weighted by Crippen LogP contribution is -2.27. The second kappa shape index (κ2) is 5.25. The number of fused-ring (bicyclic) bond motifs is 1. The largest absolute Gasteiger partial charge is 0.341 e. The zero-order valence-corrected chi connectivity index (χ0v) is 12.0. The maximum Gasteiger partial charge on any atom is 0.223 e. The van der Waals surface area contributed by atoms with Crippen LogP contribution in [0.25, 0.3) is 11.0 Å². The fraction of sp³-hybridized carbons (Fsp3) is 0.357. The molecular formula is C14H14BrN3O. The molecule has 98 valence electrons. The van der Waals surface area contributed by atoms with Crippen molar-refractivity contribution in [3.05, 3.63) is 36.2 Å². The van der Waals surface area contributed by atoms with Gasteiger partial charge >= 0.3 is 0 Å². The number of carbonyl (C=O) groups excluding carboxylic acids is 1. The SMILES string of the molecule is O=C1CC(Br)CN1CCc1cnc2ccccc2n1. The lowest BCUT2D eigenvalue weighted by Gasteiger charge is -2.15. The average Bonchev–Trinajstić information content (AvgIpc) is 2.74. The number of aromatic nitrogens is 2. The van der Waals surface area contributed by atoms with Gasteiger partial charge in [-0.25, -0.2) is 4.98 Å². The van der Waals surface area contributed by atoms with Gasteiger partial charge in [-0.05, 0) is 12.1 Å². The topological polar surface area (TPSA) is 46.1 Å². The molecule has 1 aromatic carbocycles. The molecule has 0 spiro atoms. The van der Waals surface area contributed by atoms with Crippen LogP contribution in [0.4, 0.5) is 0 Å². The third kappa shape index (κ3) is 2.76. The van der Waals surface area contributed by atoms with Crippen LogP contribution in [0.3, 0.4) is 0 Å². The first-order valence-corrected chi connectivity index (χ1v) is 7.26. The highest BCUT2D eigenvalue weighted by Gasteiger charge is 2.27. The van der Waals surface area contributed by atoms with Crippen molar-refractivity contribution in [2.24, 2.45) is 0 Å². The molecule has 1 fully saturated rings. The summed E-state index contributed by atoms with van der Waals surface area (Å²) in [5, 5.41) is 0. The van der Waals surface area contributed by atoms with Crippen molar-refractivity contribution in [2.75, 3.05) is 13.1 Å². The Balaban J connectivity index is 1.70. The van der Waals surface area contributed by atoms with E-state index in [9.17, 15) is 4.79 Å². The fourth-order valence-electron chi connectivity index (χ4n) is 2.31. The minimum absolute atomic E-state index is 0.218. The molecule has 3 rings (SSSR count). The zero-order chi connectivity index (χ0) is 13.2. The second-order valence-electron chi connectivity index (χ2n) is 4.74. The number of benzene rings is 1. The smallest absolute Gasteiger partial charge is 0.223 e. The van der Waals surface area contributed by atoms with Crippen molar-refractivity contribution >= 4 is 32.9 Å². The Morgan fingerprint density at radius 2 is 2.11 bits per heavy atom. The number of halogens is 1. The Bertz CT molecular complexity index is 616. The van der Waals surface area contributed by atoms with E-state index in [1.165, 1.54) is 0 Å². The van der Waals surface area contributed by atoms with Crippen LogP contribution in [-0.4, -0.2) is 38.7 Å². The molecule has 0 bridgehead atoms. The average molecular weight is 320 g/mol. The first kappa shape index (κ1) is 12.5. The third-order valence-electron chi connectivity index (χ3n) is 3.30.